The van der Waals surface area contributed by atoms with Gasteiger partial charge in [0.2, 0.25) is 0 Å². The number of aliphatic hydroxyl groups excluding tert-OH is 1. The Morgan fingerprint density at radius 2 is 1.80 bits per heavy atom. The number of hydrogen-bond acceptors (Lipinski definition) is 6. The Bertz CT molecular complexity index is 627. The van der Waals surface area contributed by atoms with Gasteiger partial charge in [-0.3, -0.25) is 4.79 Å². The maximum atomic E-state index is 12.3. The van der Waals surface area contributed by atoms with Gasteiger partial charge in [0.25, 0.3) is 0 Å². The van der Waals surface area contributed by atoms with E-state index in [1.807, 2.05) is 0 Å². The van der Waals surface area contributed by atoms with Gasteiger partial charge in [-0.25, -0.2) is 4.79 Å². The van der Waals surface area contributed by atoms with Crippen LogP contribution in [0, 0.1) is 0 Å². The number of para-hydroxylation sites is 1. The van der Waals surface area contributed by atoms with Crippen molar-refractivity contribution in [2.45, 2.75) is 25.8 Å². The number of alkyl halides is 3. The van der Waals surface area contributed by atoms with Crippen LogP contribution in [0.5, 0.6) is 5.75 Å². The van der Waals surface area contributed by atoms with Crippen LogP contribution >= 0.6 is 0 Å². The van der Waals surface area contributed by atoms with Gasteiger partial charge in [0.1, 0.15) is 25.1 Å². The number of carbonyl (C=O) groups is 2. The molecule has 0 saturated heterocycles. The van der Waals surface area contributed by atoms with Crippen LogP contribution in [0.3, 0.4) is 0 Å². The first-order valence-corrected chi connectivity index (χ1v) is 7.08. The summed E-state index contributed by atoms with van der Waals surface area (Å²) < 4.78 is 50.1. The van der Waals surface area contributed by atoms with Crippen LogP contribution in [0.15, 0.2) is 36.4 Å². The molecule has 1 unspecified atom stereocenters. The van der Waals surface area contributed by atoms with E-state index in [-0.39, 0.29) is 11.1 Å². The highest BCUT2D eigenvalue weighted by molar-refractivity contribution is 5.86. The van der Waals surface area contributed by atoms with Crippen molar-refractivity contribution in [3.8, 4) is 5.75 Å². The number of carbonyl (C=O) groups excluding carboxylic acids is 2. The van der Waals surface area contributed by atoms with E-state index in [1.165, 1.54) is 25.1 Å². The second-order valence-corrected chi connectivity index (χ2v) is 5.05. The molecule has 0 aromatic heterocycles. The molecule has 25 heavy (non-hydrogen) atoms. The van der Waals surface area contributed by atoms with Crippen molar-refractivity contribution < 1.29 is 42.1 Å². The SMILES string of the molecule is C=C(C)C(=O)OCC(O)COC(=O)Cc1ccccc1OC(F)(F)F. The summed E-state index contributed by atoms with van der Waals surface area (Å²) in [5, 5.41) is 9.54. The molecule has 0 radical (unpaired) electrons. The Kier molecular flexibility index (Phi) is 7.43. The summed E-state index contributed by atoms with van der Waals surface area (Å²) in [6.07, 6.45) is -6.64. The Balaban J connectivity index is 2.49. The minimum Gasteiger partial charge on any atom is -0.463 e. The van der Waals surface area contributed by atoms with E-state index >= 15 is 0 Å². The fourth-order valence-corrected chi connectivity index (χ4v) is 1.61. The molecule has 0 amide bonds. The molecule has 1 atom stereocenters. The topological polar surface area (TPSA) is 82.1 Å². The normalized spacial score (nSPS) is 12.2. The highest BCUT2D eigenvalue weighted by Crippen LogP contribution is 2.26. The van der Waals surface area contributed by atoms with Crippen molar-refractivity contribution in [2.24, 2.45) is 0 Å². The van der Waals surface area contributed by atoms with Gasteiger partial charge in [0, 0.05) is 11.1 Å². The van der Waals surface area contributed by atoms with Crippen molar-refractivity contribution in [3.05, 3.63) is 42.0 Å². The van der Waals surface area contributed by atoms with E-state index in [2.05, 4.69) is 16.1 Å². The van der Waals surface area contributed by atoms with Crippen molar-refractivity contribution in [3.63, 3.8) is 0 Å². The quantitative estimate of drug-likeness (QED) is 0.564. The molecule has 138 valence electrons. The van der Waals surface area contributed by atoms with Gasteiger partial charge in [-0.05, 0) is 13.0 Å². The van der Waals surface area contributed by atoms with Gasteiger partial charge in [0.05, 0.1) is 6.42 Å². The van der Waals surface area contributed by atoms with Gasteiger partial charge in [0.15, 0.2) is 0 Å². The largest absolute Gasteiger partial charge is 0.573 e. The number of ether oxygens (including phenoxy) is 3. The minimum atomic E-state index is -4.89. The van der Waals surface area contributed by atoms with Crippen molar-refractivity contribution in [2.75, 3.05) is 13.2 Å². The molecule has 0 saturated carbocycles. The molecule has 1 aromatic rings. The molecule has 9 heteroatoms. The van der Waals surface area contributed by atoms with Crippen LogP contribution < -0.4 is 4.74 Å². The van der Waals surface area contributed by atoms with Gasteiger partial charge in [-0.1, -0.05) is 24.8 Å². The smallest absolute Gasteiger partial charge is 0.463 e. The lowest BCUT2D eigenvalue weighted by Crippen LogP contribution is -2.26. The van der Waals surface area contributed by atoms with Crippen LogP contribution in [-0.2, 0) is 25.5 Å². The van der Waals surface area contributed by atoms with Crippen LogP contribution in [0.25, 0.3) is 0 Å². The molecule has 1 N–H and O–H groups in total. The zero-order valence-corrected chi connectivity index (χ0v) is 13.3. The zero-order chi connectivity index (χ0) is 19.0. The third-order valence-corrected chi connectivity index (χ3v) is 2.73. The summed E-state index contributed by atoms with van der Waals surface area (Å²) in [6.45, 7) is 3.89. The van der Waals surface area contributed by atoms with Crippen LogP contribution in [0.2, 0.25) is 0 Å². The second kappa shape index (κ2) is 9.07. The fraction of sp³-hybridized carbons (Fsp3) is 0.375. The van der Waals surface area contributed by atoms with E-state index in [9.17, 15) is 27.9 Å². The molecule has 1 rings (SSSR count). The first kappa shape index (κ1) is 20.5. The minimum absolute atomic E-state index is 0.0203. The van der Waals surface area contributed by atoms with Crippen molar-refractivity contribution in [1.29, 1.82) is 0 Å². The average molecular weight is 362 g/mol. The fourth-order valence-electron chi connectivity index (χ4n) is 1.61. The Labute approximate surface area is 141 Å². The molecule has 0 aliphatic rings. The van der Waals surface area contributed by atoms with E-state index in [0.717, 1.165) is 6.07 Å². The zero-order valence-electron chi connectivity index (χ0n) is 13.3. The van der Waals surface area contributed by atoms with Crippen LogP contribution in [-0.4, -0.2) is 42.7 Å². The lowest BCUT2D eigenvalue weighted by Gasteiger charge is -2.14. The number of esters is 2. The maximum Gasteiger partial charge on any atom is 0.573 e. The molecule has 0 aliphatic heterocycles. The molecule has 0 spiro atoms. The lowest BCUT2D eigenvalue weighted by molar-refractivity contribution is -0.275. The van der Waals surface area contributed by atoms with Gasteiger partial charge in [-0.2, -0.15) is 0 Å². The third kappa shape index (κ3) is 8.20. The Hall–Kier alpha value is -2.55. The number of benzene rings is 1. The molecule has 0 bridgehead atoms. The molecular weight excluding hydrogens is 345 g/mol. The summed E-state index contributed by atoms with van der Waals surface area (Å²) in [4.78, 5) is 22.8. The molecule has 6 nitrogen and oxygen atoms in total. The summed E-state index contributed by atoms with van der Waals surface area (Å²) in [5.41, 5.74) is 0.124. The second-order valence-electron chi connectivity index (χ2n) is 5.05. The van der Waals surface area contributed by atoms with E-state index < -0.39 is 49.8 Å². The first-order valence-electron chi connectivity index (χ1n) is 7.08. The molecule has 1 aromatic carbocycles. The first-order chi connectivity index (χ1) is 11.6. The van der Waals surface area contributed by atoms with Gasteiger partial charge >= 0.3 is 18.3 Å². The predicted octanol–water partition coefficient (Wildman–Crippen LogP) is 2.15. The van der Waals surface area contributed by atoms with E-state index in [0.29, 0.717) is 0 Å². The summed E-state index contributed by atoms with van der Waals surface area (Å²) >= 11 is 0. The average Bonchev–Trinajstić information content (AvgIpc) is 2.51. The number of rotatable bonds is 8. The lowest BCUT2D eigenvalue weighted by atomic mass is 10.1. The number of hydrogen-bond donors (Lipinski definition) is 1. The highest BCUT2D eigenvalue weighted by atomic mass is 19.4. The van der Waals surface area contributed by atoms with Crippen molar-refractivity contribution >= 4 is 11.9 Å². The highest BCUT2D eigenvalue weighted by Gasteiger charge is 2.32. The molecule has 0 fully saturated rings. The third-order valence-electron chi connectivity index (χ3n) is 2.73. The monoisotopic (exact) mass is 362 g/mol. The molecular formula is C16H17F3O6. The van der Waals surface area contributed by atoms with Crippen LogP contribution in [0.4, 0.5) is 13.2 Å². The summed E-state index contributed by atoms with van der Waals surface area (Å²) in [6, 6.07) is 5.13. The van der Waals surface area contributed by atoms with Crippen LogP contribution in [0.1, 0.15) is 12.5 Å². The summed E-state index contributed by atoms with van der Waals surface area (Å²) in [5.74, 6) is -2.09. The van der Waals surface area contributed by atoms with Crippen molar-refractivity contribution in [1.82, 2.24) is 0 Å². The Morgan fingerprint density at radius 3 is 2.40 bits per heavy atom. The van der Waals surface area contributed by atoms with Gasteiger partial charge in [-0.15, -0.1) is 13.2 Å². The predicted molar refractivity (Wildman–Crippen MR) is 79.6 cm³/mol. The van der Waals surface area contributed by atoms with E-state index in [4.69, 9.17) is 4.74 Å². The molecule has 0 heterocycles. The number of aliphatic hydroxyl groups is 1. The standard InChI is InChI=1S/C16H17F3O6/c1-10(2)15(22)24-9-12(20)8-23-14(21)7-11-5-3-4-6-13(11)25-16(17,18)19/h3-6,12,20H,1,7-9H2,2H3. The van der Waals surface area contributed by atoms with Gasteiger partial charge < -0.3 is 19.3 Å². The number of halogens is 3. The van der Waals surface area contributed by atoms with E-state index in [1.54, 1.807) is 0 Å². The summed E-state index contributed by atoms with van der Waals surface area (Å²) in [7, 11) is 0. The maximum absolute atomic E-state index is 12.3. The Morgan fingerprint density at radius 1 is 1.20 bits per heavy atom. The molecule has 0 aliphatic carbocycles.